The summed E-state index contributed by atoms with van der Waals surface area (Å²) >= 11 is 1.28. The van der Waals surface area contributed by atoms with Crippen molar-refractivity contribution < 1.29 is 18.0 Å². The zero-order valence-corrected chi connectivity index (χ0v) is 14.8. The number of nitrogens with two attached hydrogens (primary N) is 1. The highest BCUT2D eigenvalue weighted by Gasteiger charge is 2.37. The Morgan fingerprint density at radius 3 is 2.56 bits per heavy atom. The first kappa shape index (κ1) is 19.7. The number of hydrogen-bond acceptors (Lipinski definition) is 4. The van der Waals surface area contributed by atoms with Gasteiger partial charge in [0.05, 0.1) is 5.56 Å². The summed E-state index contributed by atoms with van der Waals surface area (Å²) in [5.74, 6) is -0.342. The lowest BCUT2D eigenvalue weighted by Gasteiger charge is -2.23. The van der Waals surface area contributed by atoms with Gasteiger partial charge in [-0.15, -0.1) is 23.7 Å². The Kier molecular flexibility index (Phi) is 6.08. The smallest absolute Gasteiger partial charge is 0.330 e. The van der Waals surface area contributed by atoms with Gasteiger partial charge in [0.15, 0.2) is 0 Å². The molecule has 1 aromatic heterocycles. The molecule has 0 unspecified atom stereocenters. The number of amides is 1. The van der Waals surface area contributed by atoms with Gasteiger partial charge >= 0.3 is 6.18 Å². The van der Waals surface area contributed by atoms with Crippen LogP contribution in [-0.2, 0) is 19.3 Å². The van der Waals surface area contributed by atoms with Crippen molar-refractivity contribution in [3.8, 4) is 0 Å². The lowest BCUT2D eigenvalue weighted by molar-refractivity contribution is -0.138. The maximum atomic E-state index is 13.2. The summed E-state index contributed by atoms with van der Waals surface area (Å²) in [5.41, 5.74) is 5.14. The summed E-state index contributed by atoms with van der Waals surface area (Å²) in [6.45, 7) is 0.160. The van der Waals surface area contributed by atoms with Gasteiger partial charge in [-0.25, -0.2) is 4.98 Å². The highest BCUT2D eigenvalue weighted by atomic mass is 35.5. The van der Waals surface area contributed by atoms with Crippen LogP contribution in [0, 0.1) is 0 Å². The Morgan fingerprint density at radius 1 is 1.32 bits per heavy atom. The molecule has 1 amide bonds. The molecule has 0 aliphatic heterocycles. The summed E-state index contributed by atoms with van der Waals surface area (Å²) < 4.78 is 39.5. The molecule has 4 nitrogen and oxygen atoms in total. The van der Waals surface area contributed by atoms with Crippen molar-refractivity contribution >= 4 is 29.7 Å². The Hall–Kier alpha value is -1.64. The van der Waals surface area contributed by atoms with Crippen molar-refractivity contribution in [1.29, 1.82) is 0 Å². The topological polar surface area (TPSA) is 59.2 Å². The van der Waals surface area contributed by atoms with Crippen molar-refractivity contribution in [1.82, 2.24) is 9.88 Å². The second-order valence-corrected chi connectivity index (χ2v) is 6.59. The summed E-state index contributed by atoms with van der Waals surface area (Å²) in [5, 5.41) is 2.24. The van der Waals surface area contributed by atoms with Gasteiger partial charge in [-0.3, -0.25) is 4.79 Å². The van der Waals surface area contributed by atoms with E-state index in [0.29, 0.717) is 5.01 Å². The molecule has 3 rings (SSSR count). The maximum absolute atomic E-state index is 13.2. The van der Waals surface area contributed by atoms with Crippen LogP contribution in [0.25, 0.3) is 0 Å². The molecule has 2 aromatic rings. The number of rotatable bonds is 5. The highest BCUT2D eigenvalue weighted by molar-refractivity contribution is 7.09. The second-order valence-electron chi connectivity index (χ2n) is 5.65. The van der Waals surface area contributed by atoms with Crippen LogP contribution in [0.3, 0.4) is 0 Å². The van der Waals surface area contributed by atoms with Crippen molar-refractivity contribution in [3.05, 3.63) is 51.5 Å². The number of benzene rings is 1. The van der Waals surface area contributed by atoms with E-state index in [1.165, 1.54) is 28.4 Å². The van der Waals surface area contributed by atoms with Crippen LogP contribution >= 0.6 is 23.7 Å². The monoisotopic (exact) mass is 391 g/mol. The minimum absolute atomic E-state index is 0. The largest absolute Gasteiger partial charge is 0.416 e. The Balaban J connectivity index is 0.00000225. The van der Waals surface area contributed by atoms with Crippen molar-refractivity contribution in [2.24, 2.45) is 5.73 Å². The summed E-state index contributed by atoms with van der Waals surface area (Å²) in [6, 6.07) is 5.33. The lowest BCUT2D eigenvalue weighted by Crippen LogP contribution is -2.33. The van der Waals surface area contributed by atoms with Crippen LogP contribution < -0.4 is 5.73 Å². The quantitative estimate of drug-likeness (QED) is 0.842. The average molecular weight is 392 g/mol. The normalized spacial score (nSPS) is 14.1. The van der Waals surface area contributed by atoms with E-state index in [-0.39, 0.29) is 48.7 Å². The fourth-order valence-electron chi connectivity index (χ4n) is 2.52. The first-order valence-corrected chi connectivity index (χ1v) is 8.38. The molecule has 0 atom stereocenters. The fraction of sp³-hybridized carbons (Fsp3) is 0.375. The van der Waals surface area contributed by atoms with Gasteiger partial charge in [-0.05, 0) is 24.5 Å². The predicted molar refractivity (Wildman–Crippen MR) is 91.6 cm³/mol. The van der Waals surface area contributed by atoms with Gasteiger partial charge in [0.2, 0.25) is 0 Å². The van der Waals surface area contributed by atoms with Crippen LogP contribution in [0.5, 0.6) is 0 Å². The SMILES string of the molecule is Cl.NCc1nc(C(=O)N(Cc2ccccc2C(F)(F)F)C2CC2)cs1. The number of thiazole rings is 1. The molecule has 1 aliphatic rings. The molecule has 1 heterocycles. The molecule has 1 aromatic carbocycles. The minimum Gasteiger partial charge on any atom is -0.330 e. The molecule has 0 spiro atoms. The second kappa shape index (κ2) is 7.72. The number of aromatic nitrogens is 1. The van der Waals surface area contributed by atoms with E-state index >= 15 is 0 Å². The van der Waals surface area contributed by atoms with E-state index in [0.717, 1.165) is 18.9 Å². The van der Waals surface area contributed by atoms with E-state index in [1.54, 1.807) is 11.4 Å². The van der Waals surface area contributed by atoms with Crippen LogP contribution in [0.4, 0.5) is 13.2 Å². The van der Waals surface area contributed by atoms with Gasteiger partial charge in [0.25, 0.3) is 5.91 Å². The van der Waals surface area contributed by atoms with Gasteiger partial charge in [0, 0.05) is 24.5 Å². The van der Waals surface area contributed by atoms with E-state index in [9.17, 15) is 18.0 Å². The number of carbonyl (C=O) groups excluding carboxylic acids is 1. The van der Waals surface area contributed by atoms with Crippen LogP contribution in [0.2, 0.25) is 0 Å². The Bertz CT molecular complexity index is 746. The molecule has 0 saturated heterocycles. The molecule has 25 heavy (non-hydrogen) atoms. The maximum Gasteiger partial charge on any atom is 0.416 e. The van der Waals surface area contributed by atoms with Crippen molar-refractivity contribution in [2.75, 3.05) is 0 Å². The van der Waals surface area contributed by atoms with Crippen LogP contribution in [-0.4, -0.2) is 21.8 Å². The van der Waals surface area contributed by atoms with Gasteiger partial charge in [-0.2, -0.15) is 13.2 Å². The predicted octanol–water partition coefficient (Wildman–Crippen LogP) is 3.85. The number of nitrogens with zero attached hydrogens (tertiary/aromatic N) is 2. The molecule has 1 fully saturated rings. The van der Waals surface area contributed by atoms with E-state index in [2.05, 4.69) is 4.98 Å². The molecule has 1 saturated carbocycles. The van der Waals surface area contributed by atoms with Crippen molar-refractivity contribution in [3.63, 3.8) is 0 Å². The van der Waals surface area contributed by atoms with Crippen LogP contribution in [0.1, 0.15) is 39.5 Å². The van der Waals surface area contributed by atoms with Crippen molar-refractivity contribution in [2.45, 2.75) is 38.1 Å². The van der Waals surface area contributed by atoms with Crippen LogP contribution in [0.15, 0.2) is 29.6 Å². The molecule has 9 heteroatoms. The molecule has 0 radical (unpaired) electrons. The third kappa shape index (κ3) is 4.50. The summed E-state index contributed by atoms with van der Waals surface area (Å²) in [4.78, 5) is 18.3. The first-order chi connectivity index (χ1) is 11.4. The molecule has 0 bridgehead atoms. The Labute approximate surface area is 153 Å². The summed E-state index contributed by atoms with van der Waals surface area (Å²) in [7, 11) is 0. The standard InChI is InChI=1S/C16H16F3N3OS.ClH/c17-16(18,19)12-4-2-1-3-10(12)8-22(11-5-6-11)15(23)13-9-24-14(7-20)21-13;/h1-4,9,11H,5-8,20H2;1H. The zero-order valence-electron chi connectivity index (χ0n) is 13.1. The Morgan fingerprint density at radius 2 is 2.00 bits per heavy atom. The fourth-order valence-corrected chi connectivity index (χ4v) is 3.17. The number of halogens is 4. The number of carbonyl (C=O) groups is 1. The van der Waals surface area contributed by atoms with Gasteiger partial charge in [-0.1, -0.05) is 18.2 Å². The molecule has 136 valence electrons. The third-order valence-electron chi connectivity index (χ3n) is 3.86. The van der Waals surface area contributed by atoms with E-state index < -0.39 is 11.7 Å². The molecular weight excluding hydrogens is 375 g/mol. The average Bonchev–Trinajstić information content (AvgIpc) is 3.27. The number of alkyl halides is 3. The van der Waals surface area contributed by atoms with Gasteiger partial charge < -0.3 is 10.6 Å². The summed E-state index contributed by atoms with van der Waals surface area (Å²) in [6.07, 6.45) is -2.84. The molecular formula is C16H17ClF3N3OS. The third-order valence-corrected chi connectivity index (χ3v) is 4.73. The van der Waals surface area contributed by atoms with E-state index in [4.69, 9.17) is 5.73 Å². The van der Waals surface area contributed by atoms with Gasteiger partial charge in [0.1, 0.15) is 10.7 Å². The number of hydrogen-bond donors (Lipinski definition) is 1. The minimum atomic E-state index is -4.44. The lowest BCUT2D eigenvalue weighted by atomic mass is 10.1. The zero-order chi connectivity index (χ0) is 17.3. The first-order valence-electron chi connectivity index (χ1n) is 7.50. The molecule has 2 N–H and O–H groups in total. The van der Waals surface area contributed by atoms with E-state index in [1.807, 2.05) is 0 Å². The highest BCUT2D eigenvalue weighted by Crippen LogP contribution is 2.35. The molecule has 1 aliphatic carbocycles.